The van der Waals surface area contributed by atoms with E-state index in [9.17, 15) is 4.79 Å². The topological polar surface area (TPSA) is 33.5 Å². The van der Waals surface area contributed by atoms with Crippen LogP contribution in [0.4, 0.5) is 0 Å². The predicted molar refractivity (Wildman–Crippen MR) is 108 cm³/mol. The van der Waals surface area contributed by atoms with E-state index in [1.807, 2.05) is 30.3 Å². The van der Waals surface area contributed by atoms with Crippen molar-refractivity contribution in [3.05, 3.63) is 65.3 Å². The van der Waals surface area contributed by atoms with Crippen molar-refractivity contribution in [2.45, 2.75) is 9.99 Å². The predicted octanol–water partition coefficient (Wildman–Crippen LogP) is 5.42. The molecule has 6 heteroatoms. The van der Waals surface area contributed by atoms with E-state index in [1.54, 1.807) is 24.9 Å². The number of likely N-dealkylation sites (N-methyl/N-ethyl adjacent to an activating group) is 1. The maximum atomic E-state index is 12.1. The van der Waals surface area contributed by atoms with Crippen LogP contribution in [0.1, 0.15) is 5.76 Å². The first-order valence-electron chi connectivity index (χ1n) is 7.59. The monoisotopic (exact) mass is 383 g/mol. The highest BCUT2D eigenvalue weighted by Crippen LogP contribution is 2.36. The minimum Gasteiger partial charge on any atom is -0.450 e. The second kappa shape index (κ2) is 6.71. The van der Waals surface area contributed by atoms with E-state index in [0.717, 1.165) is 9.99 Å². The van der Waals surface area contributed by atoms with Crippen LogP contribution in [0.5, 0.6) is 0 Å². The smallest absolute Gasteiger partial charge is 0.266 e. The number of amides is 1. The van der Waals surface area contributed by atoms with Crippen LogP contribution in [-0.4, -0.2) is 22.2 Å². The van der Waals surface area contributed by atoms with Gasteiger partial charge in [0.05, 0.1) is 4.91 Å². The van der Waals surface area contributed by atoms with Crippen LogP contribution in [0, 0.1) is 0 Å². The molecule has 0 N–H and O–H groups in total. The summed E-state index contributed by atoms with van der Waals surface area (Å²) in [4.78, 5) is 15.3. The number of thiocarbonyl (C=S) groups is 1. The fraction of sp³-hybridized carbons (Fsp3) is 0.0526. The molecule has 0 aliphatic carbocycles. The van der Waals surface area contributed by atoms with Gasteiger partial charge in [0.2, 0.25) is 0 Å². The first-order chi connectivity index (χ1) is 12.1. The molecule has 124 valence electrons. The first kappa shape index (κ1) is 16.4. The van der Waals surface area contributed by atoms with E-state index in [2.05, 4.69) is 24.3 Å². The Labute approximate surface area is 159 Å². The zero-order valence-electron chi connectivity index (χ0n) is 13.3. The Bertz CT molecular complexity index is 1020. The average molecular weight is 384 g/mol. The molecule has 0 atom stereocenters. The van der Waals surface area contributed by atoms with Crippen LogP contribution in [0.15, 0.2) is 73.9 Å². The van der Waals surface area contributed by atoms with Gasteiger partial charge in [-0.3, -0.25) is 9.69 Å². The summed E-state index contributed by atoms with van der Waals surface area (Å²) in [5.41, 5.74) is 0. The Morgan fingerprint density at radius 2 is 1.92 bits per heavy atom. The van der Waals surface area contributed by atoms with Crippen molar-refractivity contribution in [3.63, 3.8) is 0 Å². The zero-order chi connectivity index (χ0) is 17.4. The van der Waals surface area contributed by atoms with Crippen molar-refractivity contribution in [3.8, 4) is 0 Å². The third kappa shape index (κ3) is 3.25. The van der Waals surface area contributed by atoms with Crippen molar-refractivity contribution in [2.24, 2.45) is 0 Å². The van der Waals surface area contributed by atoms with E-state index in [0.29, 0.717) is 15.0 Å². The van der Waals surface area contributed by atoms with Gasteiger partial charge in [-0.15, -0.1) is 0 Å². The maximum Gasteiger partial charge on any atom is 0.266 e. The molecule has 0 bridgehead atoms. The molecule has 1 aliphatic rings. The molecule has 1 aromatic heterocycles. The SMILES string of the molecule is CN1C(=O)/C(=C/c2ccc(Sc3cccc4ccccc34)o2)SC1=S. The van der Waals surface area contributed by atoms with Gasteiger partial charge in [-0.25, -0.2) is 0 Å². The quantitative estimate of drug-likeness (QED) is 0.446. The Kier molecular flexibility index (Phi) is 4.41. The second-order valence-electron chi connectivity index (χ2n) is 5.48. The van der Waals surface area contributed by atoms with Gasteiger partial charge < -0.3 is 4.42 Å². The number of carbonyl (C=O) groups is 1. The van der Waals surface area contributed by atoms with Gasteiger partial charge in [-0.1, -0.05) is 72.1 Å². The summed E-state index contributed by atoms with van der Waals surface area (Å²) < 4.78 is 6.44. The lowest BCUT2D eigenvalue weighted by molar-refractivity contribution is -0.121. The van der Waals surface area contributed by atoms with Crippen LogP contribution in [0.2, 0.25) is 0 Å². The molecule has 1 fully saturated rings. The minimum absolute atomic E-state index is 0.0883. The lowest BCUT2D eigenvalue weighted by Crippen LogP contribution is -2.22. The van der Waals surface area contributed by atoms with Gasteiger partial charge in [-0.2, -0.15) is 0 Å². The number of carbonyl (C=O) groups excluding carboxylic acids is 1. The van der Waals surface area contributed by atoms with Crippen LogP contribution in [0.3, 0.4) is 0 Å². The molecule has 1 amide bonds. The van der Waals surface area contributed by atoms with Crippen molar-refractivity contribution < 1.29 is 9.21 Å². The van der Waals surface area contributed by atoms with Gasteiger partial charge in [0, 0.05) is 18.0 Å². The van der Waals surface area contributed by atoms with E-state index < -0.39 is 0 Å². The van der Waals surface area contributed by atoms with Crippen molar-refractivity contribution in [1.29, 1.82) is 0 Å². The molecule has 4 rings (SSSR count). The summed E-state index contributed by atoms with van der Waals surface area (Å²) in [5.74, 6) is 0.561. The molecule has 1 aliphatic heterocycles. The molecular formula is C19H13NO2S3. The largest absolute Gasteiger partial charge is 0.450 e. The molecule has 0 saturated carbocycles. The molecule has 2 heterocycles. The fourth-order valence-corrected chi connectivity index (χ4v) is 4.63. The lowest BCUT2D eigenvalue weighted by Gasteiger charge is -2.04. The molecule has 0 radical (unpaired) electrons. The van der Waals surface area contributed by atoms with Crippen LogP contribution in [0.25, 0.3) is 16.8 Å². The van der Waals surface area contributed by atoms with E-state index in [1.165, 1.54) is 27.4 Å². The number of hydrogen-bond acceptors (Lipinski definition) is 5. The standard InChI is InChI=1S/C19H13NO2S3/c1-20-18(21)16(25-19(20)23)11-13-9-10-17(22-13)24-15-8-4-6-12-5-2-3-7-14(12)15/h2-11H,1H3/b16-11-. The van der Waals surface area contributed by atoms with Gasteiger partial charge in [0.1, 0.15) is 10.1 Å². The molecule has 0 spiro atoms. The first-order valence-corrected chi connectivity index (χ1v) is 9.63. The molecule has 2 aromatic carbocycles. The van der Waals surface area contributed by atoms with E-state index in [4.69, 9.17) is 16.6 Å². The van der Waals surface area contributed by atoms with Gasteiger partial charge in [0.25, 0.3) is 5.91 Å². The highest BCUT2D eigenvalue weighted by atomic mass is 32.2. The average Bonchev–Trinajstić information content (AvgIpc) is 3.16. The number of thioether (sulfide) groups is 1. The number of furan rings is 1. The van der Waals surface area contributed by atoms with E-state index >= 15 is 0 Å². The van der Waals surface area contributed by atoms with Gasteiger partial charge in [0.15, 0.2) is 5.09 Å². The third-order valence-corrected chi connectivity index (χ3v) is 6.30. The minimum atomic E-state index is -0.0883. The second-order valence-corrected chi connectivity index (χ2v) is 8.20. The molecule has 3 aromatic rings. The number of nitrogens with zero attached hydrogens (tertiary/aromatic N) is 1. The molecule has 1 saturated heterocycles. The zero-order valence-corrected chi connectivity index (χ0v) is 15.7. The third-order valence-electron chi connectivity index (χ3n) is 3.82. The van der Waals surface area contributed by atoms with Gasteiger partial charge in [-0.05, 0) is 29.0 Å². The van der Waals surface area contributed by atoms with Crippen LogP contribution in [-0.2, 0) is 4.79 Å². The summed E-state index contributed by atoms with van der Waals surface area (Å²) in [6, 6.07) is 18.3. The molecule has 25 heavy (non-hydrogen) atoms. The normalized spacial score (nSPS) is 16.4. The van der Waals surface area contributed by atoms with Crippen molar-refractivity contribution in [2.75, 3.05) is 7.05 Å². The molecular weight excluding hydrogens is 370 g/mol. The fourth-order valence-electron chi connectivity index (χ4n) is 2.53. The number of fused-ring (bicyclic) bond motifs is 1. The summed E-state index contributed by atoms with van der Waals surface area (Å²) in [5, 5.41) is 3.18. The Hall–Kier alpha value is -2.02. The number of hydrogen-bond donors (Lipinski definition) is 0. The van der Waals surface area contributed by atoms with Crippen molar-refractivity contribution in [1.82, 2.24) is 4.90 Å². The number of rotatable bonds is 3. The summed E-state index contributed by atoms with van der Waals surface area (Å²) in [6.07, 6.45) is 1.75. The highest BCUT2D eigenvalue weighted by Gasteiger charge is 2.29. The van der Waals surface area contributed by atoms with Crippen molar-refractivity contribution >= 4 is 62.8 Å². The van der Waals surface area contributed by atoms with Crippen LogP contribution < -0.4 is 0 Å². The Balaban J connectivity index is 1.60. The Morgan fingerprint density at radius 1 is 1.12 bits per heavy atom. The lowest BCUT2D eigenvalue weighted by atomic mass is 10.1. The summed E-state index contributed by atoms with van der Waals surface area (Å²) in [7, 11) is 1.68. The molecule has 0 unspecified atom stereocenters. The summed E-state index contributed by atoms with van der Waals surface area (Å²) in [6.45, 7) is 0. The highest BCUT2D eigenvalue weighted by molar-refractivity contribution is 8.26. The molecule has 3 nitrogen and oxygen atoms in total. The Morgan fingerprint density at radius 3 is 2.72 bits per heavy atom. The van der Waals surface area contributed by atoms with Gasteiger partial charge >= 0.3 is 0 Å². The van der Waals surface area contributed by atoms with E-state index in [-0.39, 0.29) is 5.91 Å². The maximum absolute atomic E-state index is 12.1. The number of benzene rings is 2. The summed E-state index contributed by atoms with van der Waals surface area (Å²) >= 11 is 8.01. The van der Waals surface area contributed by atoms with Crippen LogP contribution >= 0.6 is 35.7 Å².